The summed E-state index contributed by atoms with van der Waals surface area (Å²) in [6, 6.07) is 1.71. The number of rotatable bonds is 4. The maximum atomic E-state index is 11.9. The fraction of sp³-hybridized carbons (Fsp3) is 0.636. The maximum absolute atomic E-state index is 11.9. The molecule has 106 valence electrons. The predicted octanol–water partition coefficient (Wildman–Crippen LogP) is 0.439. The highest BCUT2D eigenvalue weighted by molar-refractivity contribution is 7.89. The molecule has 1 unspecified atom stereocenters. The van der Waals surface area contributed by atoms with Crippen LogP contribution in [0.4, 0.5) is 5.88 Å². The third-order valence-electron chi connectivity index (χ3n) is 3.05. The number of primary sulfonamides is 1. The number of carbonyl (C=O) groups is 1. The summed E-state index contributed by atoms with van der Waals surface area (Å²) < 4.78 is 27.2. The van der Waals surface area contributed by atoms with E-state index in [4.69, 9.17) is 9.66 Å². The maximum Gasteiger partial charge on any atom is 0.234 e. The second-order valence-electron chi connectivity index (χ2n) is 5.15. The van der Waals surface area contributed by atoms with Crippen LogP contribution in [-0.4, -0.2) is 31.8 Å². The van der Waals surface area contributed by atoms with Gasteiger partial charge in [0.2, 0.25) is 21.8 Å². The third kappa shape index (κ3) is 3.32. The van der Waals surface area contributed by atoms with Crippen molar-refractivity contribution < 1.29 is 17.7 Å². The highest BCUT2D eigenvalue weighted by Crippen LogP contribution is 2.28. The Balaban J connectivity index is 2.11. The second kappa shape index (κ2) is 4.93. The van der Waals surface area contributed by atoms with Crippen LogP contribution in [-0.2, 0) is 14.8 Å². The Morgan fingerprint density at radius 1 is 1.58 bits per heavy atom. The first-order chi connectivity index (χ1) is 8.76. The average Bonchev–Trinajstić information content (AvgIpc) is 2.82. The normalized spacial score (nSPS) is 20.5. The monoisotopic (exact) mass is 287 g/mol. The number of hydrogen-bond acceptors (Lipinski definition) is 5. The molecule has 1 fully saturated rings. The van der Waals surface area contributed by atoms with Crippen LogP contribution < -0.4 is 10.0 Å². The number of sulfonamides is 1. The molecule has 1 saturated heterocycles. The van der Waals surface area contributed by atoms with Crippen LogP contribution >= 0.6 is 0 Å². The molecule has 0 radical (unpaired) electrons. The van der Waals surface area contributed by atoms with Crippen LogP contribution in [0, 0.1) is 5.92 Å². The number of amides is 1. The summed E-state index contributed by atoms with van der Waals surface area (Å²) in [6.07, 6.45) is 0.161. The molecule has 2 rings (SSSR count). The topological polar surface area (TPSA) is 106 Å². The van der Waals surface area contributed by atoms with Crippen LogP contribution in [0.15, 0.2) is 10.6 Å². The lowest BCUT2D eigenvalue weighted by Gasteiger charge is -2.11. The summed E-state index contributed by atoms with van der Waals surface area (Å²) in [7, 11) is -3.57. The number of anilines is 1. The van der Waals surface area contributed by atoms with E-state index in [2.05, 4.69) is 5.16 Å². The van der Waals surface area contributed by atoms with E-state index in [-0.39, 0.29) is 29.9 Å². The summed E-state index contributed by atoms with van der Waals surface area (Å²) in [5.41, 5.74) is 0.762. The third-order valence-corrected chi connectivity index (χ3v) is 3.98. The Hall–Kier alpha value is -1.41. The number of nitrogens with two attached hydrogens (primary N) is 1. The van der Waals surface area contributed by atoms with Crippen LogP contribution in [0.1, 0.15) is 31.9 Å². The Bertz CT molecular complexity index is 579. The lowest BCUT2D eigenvalue weighted by Crippen LogP contribution is -2.27. The van der Waals surface area contributed by atoms with E-state index in [1.165, 1.54) is 4.90 Å². The summed E-state index contributed by atoms with van der Waals surface area (Å²) >= 11 is 0. The predicted molar refractivity (Wildman–Crippen MR) is 69.0 cm³/mol. The van der Waals surface area contributed by atoms with Gasteiger partial charge in [-0.1, -0.05) is 19.0 Å². The van der Waals surface area contributed by atoms with Crippen molar-refractivity contribution in [1.29, 1.82) is 0 Å². The molecule has 1 atom stereocenters. The molecule has 0 saturated carbocycles. The summed E-state index contributed by atoms with van der Waals surface area (Å²) in [6.45, 7) is 4.23. The molecule has 0 bridgehead atoms. The van der Waals surface area contributed by atoms with E-state index in [1.807, 2.05) is 13.8 Å². The van der Waals surface area contributed by atoms with Gasteiger partial charge in [0.1, 0.15) is 0 Å². The van der Waals surface area contributed by atoms with E-state index in [1.54, 1.807) is 6.07 Å². The van der Waals surface area contributed by atoms with Crippen molar-refractivity contribution in [1.82, 2.24) is 5.16 Å². The number of aromatic nitrogens is 1. The molecule has 2 N–H and O–H groups in total. The van der Waals surface area contributed by atoms with Crippen LogP contribution in [0.5, 0.6) is 0 Å². The van der Waals surface area contributed by atoms with Gasteiger partial charge in [0.05, 0.1) is 11.4 Å². The lowest BCUT2D eigenvalue weighted by atomic mass is 10.1. The molecule has 1 amide bonds. The van der Waals surface area contributed by atoms with E-state index >= 15 is 0 Å². The molecule has 0 aliphatic carbocycles. The van der Waals surface area contributed by atoms with E-state index in [0.29, 0.717) is 12.4 Å². The van der Waals surface area contributed by atoms with Gasteiger partial charge < -0.3 is 4.52 Å². The van der Waals surface area contributed by atoms with Crippen molar-refractivity contribution in [2.24, 2.45) is 11.1 Å². The van der Waals surface area contributed by atoms with Gasteiger partial charge in [-0.3, -0.25) is 9.69 Å². The molecule has 0 spiro atoms. The average molecular weight is 287 g/mol. The van der Waals surface area contributed by atoms with E-state index in [0.717, 1.165) is 5.69 Å². The van der Waals surface area contributed by atoms with Crippen LogP contribution in [0.25, 0.3) is 0 Å². The molecule has 7 nitrogen and oxygen atoms in total. The minimum atomic E-state index is -3.57. The second-order valence-corrected chi connectivity index (χ2v) is 6.81. The first-order valence-corrected chi connectivity index (χ1v) is 7.75. The van der Waals surface area contributed by atoms with Crippen molar-refractivity contribution >= 4 is 21.8 Å². The molecule has 1 aliphatic heterocycles. The van der Waals surface area contributed by atoms with Crippen LogP contribution in [0.3, 0.4) is 0 Å². The standard InChI is InChI=1S/C11H17N3O4S/c1-7(2)9-4-11(18-13-9)14-5-8(3-10(14)15)6-19(12,16)17/h4,7-8H,3,5-6H2,1-2H3,(H2,12,16,17). The Morgan fingerprint density at radius 3 is 2.79 bits per heavy atom. The Labute approximate surface area is 111 Å². The molecule has 1 aromatic rings. The van der Waals surface area contributed by atoms with Gasteiger partial charge in [0.25, 0.3) is 0 Å². The molecular weight excluding hydrogens is 270 g/mol. The quantitative estimate of drug-likeness (QED) is 0.864. The number of hydrogen-bond donors (Lipinski definition) is 1. The first-order valence-electron chi connectivity index (χ1n) is 6.03. The van der Waals surface area contributed by atoms with Gasteiger partial charge in [-0.2, -0.15) is 0 Å². The molecular formula is C11H17N3O4S. The largest absolute Gasteiger partial charge is 0.338 e. The zero-order chi connectivity index (χ0) is 14.2. The smallest absolute Gasteiger partial charge is 0.234 e. The van der Waals surface area contributed by atoms with Crippen molar-refractivity contribution in [2.75, 3.05) is 17.2 Å². The van der Waals surface area contributed by atoms with Crippen LogP contribution in [0.2, 0.25) is 0 Å². The molecule has 1 aliphatic rings. The lowest BCUT2D eigenvalue weighted by molar-refractivity contribution is -0.117. The first kappa shape index (κ1) is 14.0. The summed E-state index contributed by atoms with van der Waals surface area (Å²) in [5, 5.41) is 8.88. The summed E-state index contributed by atoms with van der Waals surface area (Å²) in [5.74, 6) is -0.0864. The van der Waals surface area contributed by atoms with E-state index in [9.17, 15) is 13.2 Å². The van der Waals surface area contributed by atoms with Crippen molar-refractivity contribution in [3.8, 4) is 0 Å². The van der Waals surface area contributed by atoms with Gasteiger partial charge in [-0.15, -0.1) is 0 Å². The summed E-state index contributed by atoms with van der Waals surface area (Å²) in [4.78, 5) is 13.3. The van der Waals surface area contributed by atoms with Gasteiger partial charge in [-0.25, -0.2) is 13.6 Å². The van der Waals surface area contributed by atoms with Gasteiger partial charge >= 0.3 is 0 Å². The molecule has 0 aromatic carbocycles. The fourth-order valence-corrected chi connectivity index (χ4v) is 2.99. The SMILES string of the molecule is CC(C)c1cc(N2CC(CS(N)(=O)=O)CC2=O)on1. The molecule has 2 heterocycles. The fourth-order valence-electron chi connectivity index (χ4n) is 2.11. The number of nitrogens with zero attached hydrogens (tertiary/aromatic N) is 2. The van der Waals surface area contributed by atoms with E-state index < -0.39 is 10.0 Å². The zero-order valence-corrected chi connectivity index (χ0v) is 11.7. The minimum Gasteiger partial charge on any atom is -0.338 e. The molecule has 19 heavy (non-hydrogen) atoms. The zero-order valence-electron chi connectivity index (χ0n) is 10.9. The number of carbonyl (C=O) groups excluding carboxylic acids is 1. The van der Waals surface area contributed by atoms with Gasteiger partial charge in [-0.05, 0) is 5.92 Å². The molecule has 8 heteroatoms. The van der Waals surface area contributed by atoms with Gasteiger partial charge in [0.15, 0.2) is 0 Å². The highest BCUT2D eigenvalue weighted by atomic mass is 32.2. The van der Waals surface area contributed by atoms with Gasteiger partial charge in [0, 0.05) is 24.9 Å². The molecule has 1 aromatic heterocycles. The van der Waals surface area contributed by atoms with Crippen molar-refractivity contribution in [3.05, 3.63) is 11.8 Å². The highest BCUT2D eigenvalue weighted by Gasteiger charge is 2.34. The Morgan fingerprint density at radius 2 is 2.26 bits per heavy atom. The van der Waals surface area contributed by atoms with Crippen molar-refractivity contribution in [3.63, 3.8) is 0 Å². The Kier molecular flexibility index (Phi) is 3.64. The van der Waals surface area contributed by atoms with Crippen molar-refractivity contribution in [2.45, 2.75) is 26.2 Å². The minimum absolute atomic E-state index is 0.161.